The highest BCUT2D eigenvalue weighted by Gasteiger charge is 2.29. The Morgan fingerprint density at radius 3 is 2.71 bits per heavy atom. The number of rotatable bonds is 6. The Morgan fingerprint density at radius 2 is 2.04 bits per heavy atom. The Kier molecular flexibility index (Phi) is 6.61. The molecule has 1 N–H and O–H groups in total. The molecule has 1 aromatic rings. The first kappa shape index (κ1) is 20.3. The van der Waals surface area contributed by atoms with Gasteiger partial charge in [-0.25, -0.2) is 4.79 Å². The number of carbonyl (C=O) groups is 3. The van der Waals surface area contributed by atoms with Gasteiger partial charge in [0.1, 0.15) is 6.54 Å². The first-order valence-corrected chi connectivity index (χ1v) is 10.4. The van der Waals surface area contributed by atoms with E-state index in [1.165, 1.54) is 41.3 Å². The van der Waals surface area contributed by atoms with Gasteiger partial charge < -0.3 is 15.0 Å². The van der Waals surface area contributed by atoms with Gasteiger partial charge in [0.05, 0.1) is 23.5 Å². The van der Waals surface area contributed by atoms with Gasteiger partial charge in [0.25, 0.3) is 0 Å². The number of aryl methyl sites for hydroxylation is 1. The summed E-state index contributed by atoms with van der Waals surface area (Å²) in [6.45, 7) is 5.92. The second-order valence-electron chi connectivity index (χ2n) is 6.74. The van der Waals surface area contributed by atoms with Crippen molar-refractivity contribution in [3.05, 3.63) is 34.9 Å². The molecule has 150 valence electrons. The lowest BCUT2D eigenvalue weighted by Crippen LogP contribution is -2.34. The molecule has 2 aliphatic heterocycles. The van der Waals surface area contributed by atoms with Crippen LogP contribution in [0.2, 0.25) is 0 Å². The van der Waals surface area contributed by atoms with Crippen LogP contribution < -0.4 is 10.2 Å². The van der Waals surface area contributed by atoms with Crippen molar-refractivity contribution in [2.45, 2.75) is 26.7 Å². The highest BCUT2D eigenvalue weighted by atomic mass is 32.2. The van der Waals surface area contributed by atoms with Crippen molar-refractivity contribution in [3.8, 4) is 0 Å². The number of amides is 2. The Balaban J connectivity index is 1.64. The van der Waals surface area contributed by atoms with Crippen LogP contribution in [0.15, 0.2) is 29.3 Å². The number of hydrogen-bond acceptors (Lipinski definition) is 6. The summed E-state index contributed by atoms with van der Waals surface area (Å²) in [4.78, 5) is 39.9. The lowest BCUT2D eigenvalue weighted by molar-refractivity contribution is -0.137. The van der Waals surface area contributed by atoms with E-state index in [-0.39, 0.29) is 30.7 Å². The molecule has 2 heterocycles. The Morgan fingerprint density at radius 1 is 1.29 bits per heavy atom. The number of thioether (sulfide) groups is 1. The maximum absolute atomic E-state index is 12.5. The van der Waals surface area contributed by atoms with E-state index in [9.17, 15) is 14.4 Å². The Labute approximate surface area is 169 Å². The van der Waals surface area contributed by atoms with Crippen molar-refractivity contribution in [1.29, 1.82) is 0 Å². The van der Waals surface area contributed by atoms with Gasteiger partial charge >= 0.3 is 5.97 Å². The van der Waals surface area contributed by atoms with Crippen LogP contribution in [0.1, 0.15) is 25.3 Å². The van der Waals surface area contributed by atoms with E-state index in [4.69, 9.17) is 4.74 Å². The van der Waals surface area contributed by atoms with E-state index in [2.05, 4.69) is 16.3 Å². The number of ether oxygens (including phenoxy) is 1. The van der Waals surface area contributed by atoms with E-state index < -0.39 is 5.97 Å². The zero-order valence-electron chi connectivity index (χ0n) is 16.2. The van der Waals surface area contributed by atoms with E-state index in [1.807, 2.05) is 19.1 Å². The quantitative estimate of drug-likeness (QED) is 0.581. The largest absolute Gasteiger partial charge is 0.463 e. The van der Waals surface area contributed by atoms with Crippen LogP contribution >= 0.6 is 11.8 Å². The first-order valence-electron chi connectivity index (χ1n) is 9.45. The maximum atomic E-state index is 12.5. The topological polar surface area (TPSA) is 79.0 Å². The summed E-state index contributed by atoms with van der Waals surface area (Å²) >= 11 is 1.23. The summed E-state index contributed by atoms with van der Waals surface area (Å²) in [6.07, 6.45) is 3.69. The van der Waals surface area contributed by atoms with Crippen LogP contribution in [0.5, 0.6) is 0 Å². The molecule has 0 aromatic heterocycles. The molecule has 0 saturated carbocycles. The summed E-state index contributed by atoms with van der Waals surface area (Å²) in [5, 5.41) is 3.31. The van der Waals surface area contributed by atoms with Gasteiger partial charge in [0, 0.05) is 24.5 Å². The van der Waals surface area contributed by atoms with Gasteiger partial charge in [-0.05, 0) is 50.5 Å². The molecule has 2 aliphatic rings. The summed E-state index contributed by atoms with van der Waals surface area (Å²) in [5.41, 5.74) is 2.86. The molecule has 1 aromatic carbocycles. The second-order valence-corrected chi connectivity index (χ2v) is 7.74. The molecular weight excluding hydrogens is 378 g/mol. The van der Waals surface area contributed by atoms with Gasteiger partial charge in [-0.2, -0.15) is 0 Å². The summed E-state index contributed by atoms with van der Waals surface area (Å²) < 4.78 is 4.89. The molecule has 28 heavy (non-hydrogen) atoms. The molecule has 0 aliphatic carbocycles. The van der Waals surface area contributed by atoms with E-state index in [0.29, 0.717) is 5.03 Å². The van der Waals surface area contributed by atoms with Crippen molar-refractivity contribution < 1.29 is 19.1 Å². The predicted molar refractivity (Wildman–Crippen MR) is 110 cm³/mol. The highest BCUT2D eigenvalue weighted by Crippen LogP contribution is 2.29. The normalized spacial score (nSPS) is 18.1. The fourth-order valence-electron chi connectivity index (χ4n) is 3.28. The molecule has 0 unspecified atom stereocenters. The van der Waals surface area contributed by atoms with Crippen molar-refractivity contribution >= 4 is 40.9 Å². The molecule has 8 heteroatoms. The minimum absolute atomic E-state index is 0.135. The standard InChI is InChI=1S/C20H25N3O4S/c1-3-27-20(26)11-19-23(18(25)13-28-19)12-17(24)21-16-7-6-15(10-14(16)2)22-8-4-5-9-22/h6-7,10-11H,3-5,8-9,12-13H2,1-2H3,(H,21,24). The third kappa shape index (κ3) is 4.86. The van der Waals surface area contributed by atoms with Crippen molar-refractivity contribution in [3.63, 3.8) is 0 Å². The van der Waals surface area contributed by atoms with Gasteiger partial charge in [0.15, 0.2) is 0 Å². The van der Waals surface area contributed by atoms with Crippen molar-refractivity contribution in [2.75, 3.05) is 42.2 Å². The smallest absolute Gasteiger partial charge is 0.333 e. The summed E-state index contributed by atoms with van der Waals surface area (Å²) in [6, 6.07) is 5.98. The molecule has 0 spiro atoms. The zero-order valence-corrected chi connectivity index (χ0v) is 17.0. The Bertz CT molecular complexity index is 803. The number of nitrogens with one attached hydrogen (secondary N) is 1. The summed E-state index contributed by atoms with van der Waals surface area (Å²) in [5.74, 6) is -0.805. The molecule has 0 atom stereocenters. The SMILES string of the molecule is CCOC(=O)C=C1SCC(=O)N1CC(=O)Nc1ccc(N2CCCC2)cc1C. The molecule has 0 radical (unpaired) electrons. The average Bonchev–Trinajstić information content (AvgIpc) is 3.29. The monoisotopic (exact) mass is 403 g/mol. The lowest BCUT2D eigenvalue weighted by atomic mass is 10.1. The third-order valence-electron chi connectivity index (χ3n) is 4.70. The molecule has 2 fully saturated rings. The van der Waals surface area contributed by atoms with E-state index >= 15 is 0 Å². The number of nitrogens with zero attached hydrogens (tertiary/aromatic N) is 2. The summed E-state index contributed by atoms with van der Waals surface area (Å²) in [7, 11) is 0. The van der Waals surface area contributed by atoms with Crippen LogP contribution in [0.3, 0.4) is 0 Å². The minimum Gasteiger partial charge on any atom is -0.463 e. The second kappa shape index (κ2) is 9.14. The zero-order chi connectivity index (χ0) is 20.1. The molecule has 3 rings (SSSR count). The molecule has 7 nitrogen and oxygen atoms in total. The minimum atomic E-state index is -0.515. The number of hydrogen-bond donors (Lipinski definition) is 1. The van der Waals surface area contributed by atoms with Crippen molar-refractivity contribution in [1.82, 2.24) is 4.90 Å². The maximum Gasteiger partial charge on any atom is 0.333 e. The Hall–Kier alpha value is -2.48. The fourth-order valence-corrected chi connectivity index (χ4v) is 4.21. The molecule has 2 amide bonds. The van der Waals surface area contributed by atoms with Crippen LogP contribution in [0.4, 0.5) is 11.4 Å². The molecule has 2 saturated heterocycles. The van der Waals surface area contributed by atoms with Crippen molar-refractivity contribution in [2.24, 2.45) is 0 Å². The predicted octanol–water partition coefficient (Wildman–Crippen LogP) is 2.51. The van der Waals surface area contributed by atoms with E-state index in [0.717, 1.165) is 24.3 Å². The van der Waals surface area contributed by atoms with Gasteiger partial charge in [-0.3, -0.25) is 14.5 Å². The number of benzene rings is 1. The van der Waals surface area contributed by atoms with Crippen LogP contribution in [-0.2, 0) is 19.1 Å². The van der Waals surface area contributed by atoms with Gasteiger partial charge in [0.2, 0.25) is 11.8 Å². The molecule has 0 bridgehead atoms. The highest BCUT2D eigenvalue weighted by molar-refractivity contribution is 8.04. The van der Waals surface area contributed by atoms with Crippen LogP contribution in [0, 0.1) is 6.92 Å². The fraction of sp³-hybridized carbons (Fsp3) is 0.450. The average molecular weight is 404 g/mol. The van der Waals surface area contributed by atoms with E-state index in [1.54, 1.807) is 6.92 Å². The number of anilines is 2. The van der Waals surface area contributed by atoms with Gasteiger partial charge in [-0.15, -0.1) is 0 Å². The number of esters is 1. The number of carbonyl (C=O) groups excluding carboxylic acids is 3. The molecular formula is C20H25N3O4S. The lowest BCUT2D eigenvalue weighted by Gasteiger charge is -2.20. The van der Waals surface area contributed by atoms with Crippen LogP contribution in [0.25, 0.3) is 0 Å². The first-order chi connectivity index (χ1) is 13.5. The van der Waals surface area contributed by atoms with Gasteiger partial charge in [-0.1, -0.05) is 11.8 Å². The van der Waals surface area contributed by atoms with Crippen LogP contribution in [-0.4, -0.2) is 54.7 Å². The third-order valence-corrected chi connectivity index (χ3v) is 5.72.